The van der Waals surface area contributed by atoms with Crippen molar-refractivity contribution in [2.24, 2.45) is 0 Å². The van der Waals surface area contributed by atoms with E-state index in [2.05, 4.69) is 34.7 Å². The van der Waals surface area contributed by atoms with Crippen LogP contribution < -0.4 is 5.43 Å². The normalized spacial score (nSPS) is 29.4. The Bertz CT molecular complexity index is 278. The van der Waals surface area contributed by atoms with E-state index in [-0.39, 0.29) is 4.71 Å². The third kappa shape index (κ3) is 2.02. The molecule has 2 unspecified atom stereocenters. The van der Waals surface area contributed by atoms with Gasteiger partial charge in [0.05, 0.1) is 5.37 Å². The van der Waals surface area contributed by atoms with E-state index in [9.17, 15) is 0 Å². The molecule has 0 radical (unpaired) electrons. The largest absolute Gasteiger partial charge is 0.762 e. The number of hydrogen-bond donors (Lipinski definition) is 1. The van der Waals surface area contributed by atoms with Crippen molar-refractivity contribution >= 4 is 24.4 Å². The highest BCUT2D eigenvalue weighted by molar-refractivity contribution is 8.06. The minimum Gasteiger partial charge on any atom is -0.762 e. The predicted molar refractivity (Wildman–Crippen MR) is 58.8 cm³/mol. The molecule has 1 heterocycles. The van der Waals surface area contributed by atoms with Gasteiger partial charge < -0.3 is 12.6 Å². The van der Waals surface area contributed by atoms with Crippen molar-refractivity contribution in [2.75, 3.05) is 7.05 Å². The Hall–Kier alpha value is -0.160. The molecule has 1 aliphatic heterocycles. The SMILES string of the molecule is CN1NC([S-])SC1c1ccccc1. The zero-order chi connectivity index (χ0) is 9.26. The van der Waals surface area contributed by atoms with Crippen molar-refractivity contribution in [1.82, 2.24) is 10.4 Å². The van der Waals surface area contributed by atoms with Crippen LogP contribution in [0.25, 0.3) is 0 Å². The van der Waals surface area contributed by atoms with Crippen molar-refractivity contribution in [1.29, 1.82) is 0 Å². The van der Waals surface area contributed by atoms with E-state index in [1.807, 2.05) is 13.1 Å². The molecule has 0 aromatic heterocycles. The summed E-state index contributed by atoms with van der Waals surface area (Å²) in [5.74, 6) is 0. The average molecular weight is 211 g/mol. The number of rotatable bonds is 1. The molecule has 1 saturated heterocycles. The predicted octanol–water partition coefficient (Wildman–Crippen LogP) is 1.70. The van der Waals surface area contributed by atoms with Gasteiger partial charge in [0, 0.05) is 7.05 Å². The lowest BCUT2D eigenvalue weighted by molar-refractivity contribution is 0.254. The second-order valence-electron chi connectivity index (χ2n) is 2.97. The summed E-state index contributed by atoms with van der Waals surface area (Å²) in [5, 5.41) is 2.42. The van der Waals surface area contributed by atoms with Crippen LogP contribution in [0.2, 0.25) is 0 Å². The van der Waals surface area contributed by atoms with Crippen LogP contribution in [0.5, 0.6) is 0 Å². The fourth-order valence-corrected chi connectivity index (χ4v) is 2.89. The summed E-state index contributed by atoms with van der Waals surface area (Å²) >= 11 is 6.92. The van der Waals surface area contributed by atoms with Gasteiger partial charge in [-0.2, -0.15) is 0 Å². The standard InChI is InChI=1S/C9H12N2S2/c1-11-8(13-9(12)10-11)7-5-3-2-4-6-7/h2-6,8-10,12H,1H3/p-1. The summed E-state index contributed by atoms with van der Waals surface area (Å²) in [5.41, 5.74) is 4.48. The molecule has 0 saturated carbocycles. The summed E-state index contributed by atoms with van der Waals surface area (Å²) in [4.78, 5) is 0. The molecule has 0 amide bonds. The van der Waals surface area contributed by atoms with Crippen LogP contribution in [0.4, 0.5) is 0 Å². The van der Waals surface area contributed by atoms with E-state index in [1.54, 1.807) is 11.8 Å². The van der Waals surface area contributed by atoms with Crippen LogP contribution in [-0.2, 0) is 12.6 Å². The van der Waals surface area contributed by atoms with Crippen LogP contribution in [-0.4, -0.2) is 16.8 Å². The lowest BCUT2D eigenvalue weighted by atomic mass is 10.2. The van der Waals surface area contributed by atoms with Gasteiger partial charge in [-0.3, -0.25) is 5.43 Å². The molecule has 2 atom stereocenters. The Morgan fingerprint density at radius 3 is 2.62 bits per heavy atom. The minimum absolute atomic E-state index is 0.0928. The molecule has 70 valence electrons. The summed E-state index contributed by atoms with van der Waals surface area (Å²) < 4.78 is 0.0928. The highest BCUT2D eigenvalue weighted by atomic mass is 32.2. The maximum Gasteiger partial charge on any atom is 0.0939 e. The number of benzene rings is 1. The number of hydrazine groups is 1. The summed E-state index contributed by atoms with van der Waals surface area (Å²) in [6.45, 7) is 0. The van der Waals surface area contributed by atoms with E-state index >= 15 is 0 Å². The maximum atomic E-state index is 5.17. The van der Waals surface area contributed by atoms with Gasteiger partial charge in [0.1, 0.15) is 0 Å². The number of nitrogens with one attached hydrogen (secondary N) is 1. The van der Waals surface area contributed by atoms with Gasteiger partial charge in [-0.15, -0.1) is 11.8 Å². The highest BCUT2D eigenvalue weighted by Crippen LogP contribution is 2.37. The van der Waals surface area contributed by atoms with E-state index in [0.717, 1.165) is 0 Å². The molecule has 4 heteroatoms. The molecule has 2 nitrogen and oxygen atoms in total. The van der Waals surface area contributed by atoms with Crippen molar-refractivity contribution < 1.29 is 0 Å². The molecule has 1 aromatic rings. The molecule has 1 aromatic carbocycles. The number of nitrogens with zero attached hydrogens (tertiary/aromatic N) is 1. The summed E-state index contributed by atoms with van der Waals surface area (Å²) in [6.07, 6.45) is 0. The quantitative estimate of drug-likeness (QED) is 0.711. The molecule has 1 fully saturated rings. The molecule has 1 N–H and O–H groups in total. The van der Waals surface area contributed by atoms with Crippen molar-refractivity contribution in [3.63, 3.8) is 0 Å². The second-order valence-corrected chi connectivity index (χ2v) is 4.93. The molecule has 0 bridgehead atoms. The van der Waals surface area contributed by atoms with Gasteiger partial charge in [-0.25, -0.2) is 5.01 Å². The molecule has 0 aliphatic carbocycles. The monoisotopic (exact) mass is 211 g/mol. The maximum absolute atomic E-state index is 5.17. The topological polar surface area (TPSA) is 15.3 Å². The first kappa shape index (κ1) is 9.40. The average Bonchev–Trinajstić information content (AvgIpc) is 2.47. The Morgan fingerprint density at radius 1 is 1.38 bits per heavy atom. The van der Waals surface area contributed by atoms with Crippen LogP contribution in [0.1, 0.15) is 10.9 Å². The first-order valence-corrected chi connectivity index (χ1v) is 5.54. The van der Waals surface area contributed by atoms with Crippen molar-refractivity contribution in [3.05, 3.63) is 35.9 Å². The fraction of sp³-hybridized carbons (Fsp3) is 0.333. The third-order valence-corrected chi connectivity index (χ3v) is 3.64. The Labute approximate surface area is 88.1 Å². The fourth-order valence-electron chi connectivity index (χ4n) is 1.39. The number of hydrogen-bond acceptors (Lipinski definition) is 4. The molecule has 13 heavy (non-hydrogen) atoms. The zero-order valence-electron chi connectivity index (χ0n) is 7.31. The zero-order valence-corrected chi connectivity index (χ0v) is 8.94. The third-order valence-electron chi connectivity index (χ3n) is 2.00. The van der Waals surface area contributed by atoms with Crippen LogP contribution >= 0.6 is 11.8 Å². The lowest BCUT2D eigenvalue weighted by Crippen LogP contribution is -2.31. The lowest BCUT2D eigenvalue weighted by Gasteiger charge is -2.18. The molecule has 0 spiro atoms. The van der Waals surface area contributed by atoms with Gasteiger partial charge in [0.15, 0.2) is 0 Å². The van der Waals surface area contributed by atoms with E-state index in [0.29, 0.717) is 5.37 Å². The van der Waals surface area contributed by atoms with E-state index in [4.69, 9.17) is 12.6 Å². The first-order chi connectivity index (χ1) is 6.27. The molecule has 1 aliphatic rings. The van der Waals surface area contributed by atoms with Gasteiger partial charge in [0.25, 0.3) is 0 Å². The van der Waals surface area contributed by atoms with Gasteiger partial charge >= 0.3 is 0 Å². The second kappa shape index (κ2) is 3.92. The highest BCUT2D eigenvalue weighted by Gasteiger charge is 2.23. The van der Waals surface area contributed by atoms with Crippen LogP contribution in [0, 0.1) is 0 Å². The molecular formula is C9H11N2S2-. The smallest absolute Gasteiger partial charge is 0.0939 e. The van der Waals surface area contributed by atoms with Gasteiger partial charge in [-0.1, -0.05) is 30.3 Å². The van der Waals surface area contributed by atoms with Crippen molar-refractivity contribution in [2.45, 2.75) is 10.1 Å². The Balaban J connectivity index is 2.18. The minimum atomic E-state index is 0.0928. The molecule has 2 rings (SSSR count). The Kier molecular flexibility index (Phi) is 2.83. The summed E-state index contributed by atoms with van der Waals surface area (Å²) in [6, 6.07) is 10.4. The van der Waals surface area contributed by atoms with Gasteiger partial charge in [-0.05, 0) is 10.3 Å². The first-order valence-electron chi connectivity index (χ1n) is 4.12. The summed E-state index contributed by atoms with van der Waals surface area (Å²) in [7, 11) is 2.02. The molecular weight excluding hydrogens is 200 g/mol. The van der Waals surface area contributed by atoms with E-state index in [1.165, 1.54) is 5.56 Å². The van der Waals surface area contributed by atoms with E-state index < -0.39 is 0 Å². The van der Waals surface area contributed by atoms with Crippen molar-refractivity contribution in [3.8, 4) is 0 Å². The van der Waals surface area contributed by atoms with Crippen LogP contribution in [0.15, 0.2) is 30.3 Å². The number of thioether (sulfide) groups is 1. The Morgan fingerprint density at radius 2 is 2.08 bits per heavy atom. The van der Waals surface area contributed by atoms with Gasteiger partial charge in [0.2, 0.25) is 0 Å². The van der Waals surface area contributed by atoms with Crippen LogP contribution in [0.3, 0.4) is 0 Å².